The zero-order chi connectivity index (χ0) is 16.9. The normalized spacial score (nSPS) is 14.2. The number of nitrogens with zero attached hydrogens (tertiary/aromatic N) is 2. The van der Waals surface area contributed by atoms with E-state index in [1.165, 1.54) is 22.9 Å². The maximum absolute atomic E-state index is 12.7. The molecule has 124 valence electrons. The van der Waals surface area contributed by atoms with Gasteiger partial charge in [0.25, 0.3) is 5.91 Å². The molecule has 0 saturated carbocycles. The first-order chi connectivity index (χ1) is 11.7. The first-order valence-corrected chi connectivity index (χ1v) is 9.07. The number of hydrogen-bond acceptors (Lipinski definition) is 4. The van der Waals surface area contributed by atoms with Crippen molar-refractivity contribution in [2.24, 2.45) is 0 Å². The van der Waals surface area contributed by atoms with E-state index in [1.807, 2.05) is 35.4 Å². The lowest BCUT2D eigenvalue weighted by molar-refractivity contribution is 0.0768. The molecule has 4 nitrogen and oxygen atoms in total. The summed E-state index contributed by atoms with van der Waals surface area (Å²) in [6.07, 6.45) is 6.66. The van der Waals surface area contributed by atoms with Crippen molar-refractivity contribution in [3.8, 4) is 5.75 Å². The van der Waals surface area contributed by atoms with E-state index in [0.29, 0.717) is 12.1 Å². The van der Waals surface area contributed by atoms with Crippen LogP contribution in [0.4, 0.5) is 0 Å². The zero-order valence-electron chi connectivity index (χ0n) is 13.9. The predicted molar refractivity (Wildman–Crippen MR) is 97.5 cm³/mol. The SMILES string of the molecule is COc1ccc(C2=CCN(C(=O)c3cccnc3SC)CC2)cc1. The minimum absolute atomic E-state index is 0.0532. The molecule has 5 heteroatoms. The van der Waals surface area contributed by atoms with Crippen LogP contribution >= 0.6 is 11.8 Å². The molecule has 0 radical (unpaired) electrons. The van der Waals surface area contributed by atoms with Gasteiger partial charge in [0, 0.05) is 19.3 Å². The molecule has 1 amide bonds. The molecule has 2 heterocycles. The highest BCUT2D eigenvalue weighted by molar-refractivity contribution is 7.98. The molecule has 0 bridgehead atoms. The lowest BCUT2D eigenvalue weighted by Crippen LogP contribution is -2.35. The van der Waals surface area contributed by atoms with Crippen LogP contribution in [0.1, 0.15) is 22.3 Å². The monoisotopic (exact) mass is 340 g/mol. The molecule has 0 N–H and O–H groups in total. The van der Waals surface area contributed by atoms with Crippen LogP contribution in [0, 0.1) is 0 Å². The van der Waals surface area contributed by atoms with Gasteiger partial charge in [0.1, 0.15) is 10.8 Å². The molecule has 0 saturated heterocycles. The number of carbonyl (C=O) groups is 1. The van der Waals surface area contributed by atoms with E-state index in [-0.39, 0.29) is 5.91 Å². The number of methoxy groups -OCH3 is 1. The van der Waals surface area contributed by atoms with Crippen molar-refractivity contribution < 1.29 is 9.53 Å². The van der Waals surface area contributed by atoms with Gasteiger partial charge >= 0.3 is 0 Å². The summed E-state index contributed by atoms with van der Waals surface area (Å²) in [4.78, 5) is 18.9. The zero-order valence-corrected chi connectivity index (χ0v) is 14.7. The number of hydrogen-bond donors (Lipinski definition) is 0. The van der Waals surface area contributed by atoms with Crippen molar-refractivity contribution in [1.82, 2.24) is 9.88 Å². The fourth-order valence-electron chi connectivity index (χ4n) is 2.81. The Morgan fingerprint density at radius 1 is 1.25 bits per heavy atom. The predicted octanol–water partition coefficient (Wildman–Crippen LogP) is 3.74. The standard InChI is InChI=1S/C19H20N2O2S/c1-23-16-7-5-14(6-8-16)15-9-12-21(13-10-15)19(22)17-4-3-11-20-18(17)24-2/h3-9,11H,10,12-13H2,1-2H3. The number of carbonyl (C=O) groups excluding carboxylic acids is 1. The molecule has 1 aromatic heterocycles. The Bertz CT molecular complexity index is 756. The van der Waals surface area contributed by atoms with E-state index in [1.54, 1.807) is 13.3 Å². The minimum Gasteiger partial charge on any atom is -0.497 e. The van der Waals surface area contributed by atoms with Gasteiger partial charge in [-0.25, -0.2) is 4.98 Å². The molecule has 0 aliphatic carbocycles. The topological polar surface area (TPSA) is 42.4 Å². The molecule has 0 spiro atoms. The first kappa shape index (κ1) is 16.6. The summed E-state index contributed by atoms with van der Waals surface area (Å²) in [5, 5.41) is 0.785. The summed E-state index contributed by atoms with van der Waals surface area (Å²) in [7, 11) is 1.67. The van der Waals surface area contributed by atoms with Crippen LogP contribution in [-0.4, -0.2) is 42.2 Å². The number of pyridine rings is 1. The Hall–Kier alpha value is -2.27. The van der Waals surface area contributed by atoms with E-state index in [9.17, 15) is 4.79 Å². The average Bonchev–Trinajstić information content (AvgIpc) is 2.67. The van der Waals surface area contributed by atoms with Gasteiger partial charge in [-0.15, -0.1) is 11.8 Å². The van der Waals surface area contributed by atoms with Crippen molar-refractivity contribution in [2.45, 2.75) is 11.4 Å². The third-order valence-corrected chi connectivity index (χ3v) is 4.86. The molecule has 1 aromatic carbocycles. The van der Waals surface area contributed by atoms with Crippen LogP contribution in [0.2, 0.25) is 0 Å². The van der Waals surface area contributed by atoms with Gasteiger partial charge in [-0.2, -0.15) is 0 Å². The highest BCUT2D eigenvalue weighted by Crippen LogP contribution is 2.26. The molecule has 1 aliphatic rings. The van der Waals surface area contributed by atoms with Crippen LogP contribution in [0.5, 0.6) is 5.75 Å². The third-order valence-electron chi connectivity index (χ3n) is 4.15. The van der Waals surface area contributed by atoms with Crippen molar-refractivity contribution in [1.29, 1.82) is 0 Å². The van der Waals surface area contributed by atoms with Crippen molar-refractivity contribution >= 4 is 23.2 Å². The Balaban J connectivity index is 1.73. The van der Waals surface area contributed by atoms with Crippen molar-refractivity contribution in [2.75, 3.05) is 26.5 Å². The molecule has 0 unspecified atom stereocenters. The van der Waals surface area contributed by atoms with Gasteiger partial charge in [0.2, 0.25) is 0 Å². The molecular formula is C19H20N2O2S. The third kappa shape index (κ3) is 3.46. The maximum Gasteiger partial charge on any atom is 0.256 e. The number of thioether (sulfide) groups is 1. The molecular weight excluding hydrogens is 320 g/mol. The fourth-order valence-corrected chi connectivity index (χ4v) is 3.35. The minimum atomic E-state index is 0.0532. The molecule has 2 aromatic rings. The maximum atomic E-state index is 12.7. The Morgan fingerprint density at radius 2 is 2.04 bits per heavy atom. The van der Waals surface area contributed by atoms with Crippen LogP contribution in [0.3, 0.4) is 0 Å². The van der Waals surface area contributed by atoms with E-state index in [2.05, 4.69) is 23.2 Å². The summed E-state index contributed by atoms with van der Waals surface area (Å²) in [5.74, 6) is 0.908. The van der Waals surface area contributed by atoms with Crippen LogP contribution in [-0.2, 0) is 0 Å². The number of aromatic nitrogens is 1. The first-order valence-electron chi connectivity index (χ1n) is 7.84. The van der Waals surface area contributed by atoms with Crippen molar-refractivity contribution in [3.63, 3.8) is 0 Å². The number of benzene rings is 1. The van der Waals surface area contributed by atoms with E-state index < -0.39 is 0 Å². The second-order valence-corrected chi connectivity index (χ2v) is 6.31. The van der Waals surface area contributed by atoms with Gasteiger partial charge in [0.05, 0.1) is 12.7 Å². The number of amides is 1. The smallest absolute Gasteiger partial charge is 0.256 e. The molecule has 0 fully saturated rings. The second kappa shape index (κ2) is 7.53. The Morgan fingerprint density at radius 3 is 2.67 bits per heavy atom. The quantitative estimate of drug-likeness (QED) is 0.795. The lowest BCUT2D eigenvalue weighted by atomic mass is 9.99. The van der Waals surface area contributed by atoms with E-state index in [0.717, 1.165) is 23.7 Å². The molecule has 24 heavy (non-hydrogen) atoms. The van der Waals surface area contributed by atoms with Crippen LogP contribution in [0.25, 0.3) is 5.57 Å². The van der Waals surface area contributed by atoms with Crippen LogP contribution in [0.15, 0.2) is 53.7 Å². The van der Waals surface area contributed by atoms with Gasteiger partial charge in [-0.1, -0.05) is 18.2 Å². The Labute approximate surface area is 146 Å². The van der Waals surface area contributed by atoms with Crippen LogP contribution < -0.4 is 4.74 Å². The highest BCUT2D eigenvalue weighted by Gasteiger charge is 2.21. The summed E-state index contributed by atoms with van der Waals surface area (Å²) in [6.45, 7) is 1.35. The fraction of sp³-hybridized carbons (Fsp3) is 0.263. The summed E-state index contributed by atoms with van der Waals surface area (Å²) in [6, 6.07) is 11.7. The van der Waals surface area contributed by atoms with Gasteiger partial charge in [-0.3, -0.25) is 4.79 Å². The van der Waals surface area contributed by atoms with Crippen molar-refractivity contribution in [3.05, 3.63) is 59.8 Å². The molecule has 3 rings (SSSR count). The van der Waals surface area contributed by atoms with Gasteiger partial charge in [0.15, 0.2) is 0 Å². The largest absolute Gasteiger partial charge is 0.497 e. The van der Waals surface area contributed by atoms with Gasteiger partial charge < -0.3 is 9.64 Å². The molecule has 0 atom stereocenters. The summed E-state index contributed by atoms with van der Waals surface area (Å²) < 4.78 is 5.20. The lowest BCUT2D eigenvalue weighted by Gasteiger charge is -2.27. The summed E-state index contributed by atoms with van der Waals surface area (Å²) >= 11 is 1.50. The number of rotatable bonds is 4. The number of ether oxygens (including phenoxy) is 1. The molecule has 1 aliphatic heterocycles. The van der Waals surface area contributed by atoms with E-state index >= 15 is 0 Å². The average molecular weight is 340 g/mol. The van der Waals surface area contributed by atoms with Gasteiger partial charge in [-0.05, 0) is 48.1 Å². The Kier molecular flexibility index (Phi) is 5.20. The second-order valence-electron chi connectivity index (χ2n) is 5.52. The van der Waals surface area contributed by atoms with E-state index in [4.69, 9.17) is 4.74 Å². The summed E-state index contributed by atoms with van der Waals surface area (Å²) in [5.41, 5.74) is 3.15. The highest BCUT2D eigenvalue weighted by atomic mass is 32.2.